The van der Waals surface area contributed by atoms with Crippen LogP contribution >= 0.6 is 0 Å². The van der Waals surface area contributed by atoms with Crippen LogP contribution in [0.15, 0.2) is 34.7 Å². The molecule has 8 nitrogen and oxygen atoms in total. The number of phenols is 2. The van der Waals surface area contributed by atoms with Crippen molar-refractivity contribution in [2.24, 2.45) is 0 Å². The molecule has 0 saturated heterocycles. The fourth-order valence-corrected chi connectivity index (χ4v) is 4.31. The van der Waals surface area contributed by atoms with Gasteiger partial charge >= 0.3 is 11.9 Å². The number of furan rings is 1. The Morgan fingerprint density at radius 2 is 1.76 bits per heavy atom. The van der Waals surface area contributed by atoms with E-state index in [-0.39, 0.29) is 42.4 Å². The maximum atomic E-state index is 11.7. The fraction of sp³-hybridized carbons (Fsp3) is 0.385. The Bertz CT molecular complexity index is 1210. The molecule has 2 aromatic carbocycles. The van der Waals surface area contributed by atoms with Crippen LogP contribution in [0.5, 0.6) is 17.2 Å². The first-order valence-electron chi connectivity index (χ1n) is 11.5. The van der Waals surface area contributed by atoms with Crippen molar-refractivity contribution in [3.8, 4) is 28.4 Å². The van der Waals surface area contributed by atoms with Gasteiger partial charge in [0, 0.05) is 41.3 Å². The van der Waals surface area contributed by atoms with Gasteiger partial charge in [0.25, 0.3) is 0 Å². The first-order valence-corrected chi connectivity index (χ1v) is 11.5. The zero-order valence-corrected chi connectivity index (χ0v) is 19.3. The predicted octanol–water partition coefficient (Wildman–Crippen LogP) is 4.65. The summed E-state index contributed by atoms with van der Waals surface area (Å²) in [6.07, 6.45) is 1.52. The summed E-state index contributed by atoms with van der Waals surface area (Å²) in [6.45, 7) is 4.17. The molecule has 1 aliphatic rings. The Kier molecular flexibility index (Phi) is 6.95. The molecule has 3 aromatic rings. The molecule has 34 heavy (non-hydrogen) atoms. The van der Waals surface area contributed by atoms with Crippen molar-refractivity contribution >= 4 is 22.9 Å². The van der Waals surface area contributed by atoms with Crippen LogP contribution in [0.25, 0.3) is 22.1 Å². The van der Waals surface area contributed by atoms with Gasteiger partial charge in [-0.05, 0) is 50.6 Å². The second-order valence-electron chi connectivity index (χ2n) is 8.15. The van der Waals surface area contributed by atoms with E-state index in [1.54, 1.807) is 44.2 Å². The van der Waals surface area contributed by atoms with Gasteiger partial charge in [0.1, 0.15) is 34.7 Å². The molecule has 1 unspecified atom stereocenters. The van der Waals surface area contributed by atoms with E-state index in [0.717, 1.165) is 5.56 Å². The molecule has 1 atom stereocenters. The summed E-state index contributed by atoms with van der Waals surface area (Å²) in [5.74, 6) is 0.666. The van der Waals surface area contributed by atoms with E-state index in [9.17, 15) is 19.8 Å². The van der Waals surface area contributed by atoms with Gasteiger partial charge in [-0.25, -0.2) is 0 Å². The minimum atomic E-state index is -0.310. The third kappa shape index (κ3) is 4.95. The van der Waals surface area contributed by atoms with Crippen molar-refractivity contribution in [2.45, 2.75) is 52.1 Å². The van der Waals surface area contributed by atoms with Crippen LogP contribution in [0, 0.1) is 0 Å². The molecule has 0 saturated carbocycles. The lowest BCUT2D eigenvalue weighted by Crippen LogP contribution is -2.16. The second-order valence-corrected chi connectivity index (χ2v) is 8.15. The topological polar surface area (TPSA) is 115 Å². The third-order valence-electron chi connectivity index (χ3n) is 5.75. The predicted molar refractivity (Wildman–Crippen MR) is 124 cm³/mol. The van der Waals surface area contributed by atoms with Crippen molar-refractivity contribution in [1.82, 2.24) is 0 Å². The SMILES string of the molecule is CCOC(=O)CCc1cc2cc(O)cc(-c3c(O)ccc4c3CC(CCC(=O)OCC)O4)c2o1. The number of aryl methyl sites for hydroxylation is 1. The molecule has 4 rings (SSSR count). The monoisotopic (exact) mass is 468 g/mol. The number of benzene rings is 2. The highest BCUT2D eigenvalue weighted by molar-refractivity contribution is 5.97. The number of ether oxygens (including phenoxy) is 3. The van der Waals surface area contributed by atoms with Crippen molar-refractivity contribution in [3.63, 3.8) is 0 Å². The number of phenolic OH excluding ortho intramolecular Hbond substituents is 2. The Morgan fingerprint density at radius 3 is 2.50 bits per heavy atom. The van der Waals surface area contributed by atoms with E-state index in [1.807, 2.05) is 0 Å². The highest BCUT2D eigenvalue weighted by Gasteiger charge is 2.29. The number of fused-ring (bicyclic) bond motifs is 2. The van der Waals surface area contributed by atoms with Crippen LogP contribution in [0.1, 0.15) is 44.4 Å². The lowest BCUT2D eigenvalue weighted by atomic mass is 9.93. The van der Waals surface area contributed by atoms with E-state index in [0.29, 0.717) is 66.1 Å². The van der Waals surface area contributed by atoms with Crippen LogP contribution in [0.3, 0.4) is 0 Å². The highest BCUT2D eigenvalue weighted by Crippen LogP contribution is 2.46. The summed E-state index contributed by atoms with van der Waals surface area (Å²) < 4.78 is 22.1. The van der Waals surface area contributed by atoms with Crippen molar-refractivity contribution in [3.05, 3.63) is 41.7 Å². The quantitative estimate of drug-likeness (QED) is 0.436. The molecule has 1 aliphatic heterocycles. The van der Waals surface area contributed by atoms with Gasteiger partial charge in [-0.3, -0.25) is 9.59 Å². The first kappa shape index (κ1) is 23.5. The van der Waals surface area contributed by atoms with E-state index < -0.39 is 0 Å². The summed E-state index contributed by atoms with van der Waals surface area (Å²) in [5.41, 5.74) is 2.32. The minimum Gasteiger partial charge on any atom is -0.508 e. The minimum absolute atomic E-state index is 0.0232. The van der Waals surface area contributed by atoms with Crippen molar-refractivity contribution in [2.75, 3.05) is 13.2 Å². The zero-order chi connectivity index (χ0) is 24.2. The summed E-state index contributed by atoms with van der Waals surface area (Å²) in [4.78, 5) is 23.5. The number of carbonyl (C=O) groups excluding carboxylic acids is 2. The molecule has 1 aromatic heterocycles. The average molecular weight is 469 g/mol. The zero-order valence-electron chi connectivity index (χ0n) is 19.3. The molecule has 8 heteroatoms. The summed E-state index contributed by atoms with van der Waals surface area (Å²) >= 11 is 0. The van der Waals surface area contributed by atoms with E-state index >= 15 is 0 Å². The summed E-state index contributed by atoms with van der Waals surface area (Å²) in [6, 6.07) is 8.14. The normalized spacial score (nSPS) is 14.6. The van der Waals surface area contributed by atoms with Crippen LogP contribution < -0.4 is 4.74 Å². The van der Waals surface area contributed by atoms with Gasteiger partial charge < -0.3 is 28.8 Å². The molecule has 2 N–H and O–H groups in total. The average Bonchev–Trinajstić information content (AvgIpc) is 3.40. The summed E-state index contributed by atoms with van der Waals surface area (Å²) in [5, 5.41) is 21.8. The lowest BCUT2D eigenvalue weighted by Gasteiger charge is -2.11. The van der Waals surface area contributed by atoms with E-state index in [2.05, 4.69) is 0 Å². The van der Waals surface area contributed by atoms with Gasteiger partial charge in [-0.2, -0.15) is 0 Å². The van der Waals surface area contributed by atoms with Crippen molar-refractivity contribution in [1.29, 1.82) is 0 Å². The van der Waals surface area contributed by atoms with Gasteiger partial charge in [-0.1, -0.05) is 0 Å². The number of aromatic hydroxyl groups is 2. The molecule has 2 heterocycles. The summed E-state index contributed by atoms with van der Waals surface area (Å²) in [7, 11) is 0. The molecule has 0 bridgehead atoms. The number of hydrogen-bond donors (Lipinski definition) is 2. The molecular weight excluding hydrogens is 440 g/mol. The van der Waals surface area contributed by atoms with Gasteiger partial charge in [0.05, 0.1) is 19.6 Å². The Morgan fingerprint density at radius 1 is 1.03 bits per heavy atom. The molecule has 0 spiro atoms. The first-order chi connectivity index (χ1) is 16.4. The fourth-order valence-electron chi connectivity index (χ4n) is 4.31. The maximum Gasteiger partial charge on any atom is 0.306 e. The van der Waals surface area contributed by atoms with Crippen LogP contribution in [0.4, 0.5) is 0 Å². The third-order valence-corrected chi connectivity index (χ3v) is 5.75. The molecule has 0 aliphatic carbocycles. The van der Waals surface area contributed by atoms with E-state index in [4.69, 9.17) is 18.6 Å². The van der Waals surface area contributed by atoms with Gasteiger partial charge in [0.15, 0.2) is 0 Å². The molecular formula is C26H28O8. The number of carbonyl (C=O) groups is 2. The number of esters is 2. The van der Waals surface area contributed by atoms with E-state index in [1.165, 1.54) is 0 Å². The Labute approximate surface area is 197 Å². The second kappa shape index (κ2) is 10.1. The lowest BCUT2D eigenvalue weighted by molar-refractivity contribution is -0.144. The number of hydrogen-bond acceptors (Lipinski definition) is 8. The smallest absolute Gasteiger partial charge is 0.306 e. The van der Waals surface area contributed by atoms with Gasteiger partial charge in [-0.15, -0.1) is 0 Å². The molecule has 0 amide bonds. The molecule has 180 valence electrons. The molecule has 0 radical (unpaired) electrons. The largest absolute Gasteiger partial charge is 0.508 e. The van der Waals surface area contributed by atoms with Crippen LogP contribution in [-0.2, 0) is 31.9 Å². The maximum absolute atomic E-state index is 11.7. The Hall–Kier alpha value is -3.68. The standard InChI is InChI=1S/C26H28O8/c1-3-31-23(29)9-5-17-12-15-11-16(27)13-20(26(15)34-17)25-19-14-18(6-10-24(30)32-4-2)33-22(19)8-7-21(25)28/h7-8,11-13,18,27-28H,3-6,9-10,14H2,1-2H3. The van der Waals surface area contributed by atoms with Crippen molar-refractivity contribution < 1.29 is 38.4 Å². The van der Waals surface area contributed by atoms with Crippen LogP contribution in [-0.4, -0.2) is 41.5 Å². The van der Waals surface area contributed by atoms with Gasteiger partial charge in [0.2, 0.25) is 0 Å². The van der Waals surface area contributed by atoms with Crippen LogP contribution in [0.2, 0.25) is 0 Å². The number of rotatable bonds is 9. The highest BCUT2D eigenvalue weighted by atomic mass is 16.5. The molecule has 0 fully saturated rings. The Balaban J connectivity index is 1.64.